The van der Waals surface area contributed by atoms with E-state index < -0.39 is 0 Å². The number of rotatable bonds is 6. The molecule has 0 heterocycles. The molecule has 0 saturated carbocycles. The van der Waals surface area contributed by atoms with Gasteiger partial charge >= 0.3 is 0 Å². The molecule has 0 amide bonds. The van der Waals surface area contributed by atoms with E-state index in [9.17, 15) is 0 Å². The van der Waals surface area contributed by atoms with Crippen LogP contribution in [0, 0.1) is 0 Å². The molecule has 0 unspecified atom stereocenters. The van der Waals surface area contributed by atoms with E-state index in [0.717, 1.165) is 18.0 Å². The Morgan fingerprint density at radius 1 is 1.67 bits per heavy atom. The third-order valence-electron chi connectivity index (χ3n) is 1.31. The van der Waals surface area contributed by atoms with Crippen LogP contribution in [-0.2, 0) is 4.74 Å². The summed E-state index contributed by atoms with van der Waals surface area (Å²) in [6, 6.07) is 0. The lowest BCUT2D eigenvalue weighted by atomic mass is 10.4. The van der Waals surface area contributed by atoms with Gasteiger partial charge in [-0.2, -0.15) is 11.8 Å². The van der Waals surface area contributed by atoms with Crippen molar-refractivity contribution in [3.05, 3.63) is 0 Å². The van der Waals surface area contributed by atoms with Gasteiger partial charge in [0, 0.05) is 19.3 Å². The number of nitrogens with zero attached hydrogens (tertiary/aromatic N) is 1. The van der Waals surface area contributed by atoms with E-state index in [0.29, 0.717) is 13.2 Å². The number of hydrogen-bond acceptors (Lipinski definition) is 4. The number of nitrogens with one attached hydrogen (secondary N) is 1. The van der Waals surface area contributed by atoms with Crippen LogP contribution in [-0.4, -0.2) is 38.1 Å². The SMILES string of the molecule is COCCN=C(CCSC)NN. The van der Waals surface area contributed by atoms with E-state index in [4.69, 9.17) is 10.6 Å². The molecule has 12 heavy (non-hydrogen) atoms. The summed E-state index contributed by atoms with van der Waals surface area (Å²) in [6.45, 7) is 1.31. The molecule has 0 aromatic carbocycles. The van der Waals surface area contributed by atoms with Crippen LogP contribution in [0.5, 0.6) is 0 Å². The molecule has 0 aliphatic carbocycles. The summed E-state index contributed by atoms with van der Waals surface area (Å²) in [7, 11) is 1.66. The predicted molar refractivity (Wildman–Crippen MR) is 54.5 cm³/mol. The molecule has 0 spiro atoms. The Hall–Kier alpha value is -0.260. The molecular formula is C7H17N3OS. The van der Waals surface area contributed by atoms with Gasteiger partial charge in [-0.15, -0.1) is 0 Å². The molecule has 0 bridgehead atoms. The minimum Gasteiger partial charge on any atom is -0.383 e. The molecule has 0 aromatic heterocycles. The molecule has 0 aliphatic heterocycles. The Balaban J connectivity index is 3.55. The van der Waals surface area contributed by atoms with Crippen molar-refractivity contribution < 1.29 is 4.74 Å². The molecule has 72 valence electrons. The highest BCUT2D eigenvalue weighted by molar-refractivity contribution is 7.98. The molecule has 5 heteroatoms. The van der Waals surface area contributed by atoms with Crippen molar-refractivity contribution in [3.63, 3.8) is 0 Å². The van der Waals surface area contributed by atoms with Crippen LogP contribution >= 0.6 is 11.8 Å². The van der Waals surface area contributed by atoms with Gasteiger partial charge in [0.2, 0.25) is 0 Å². The van der Waals surface area contributed by atoms with Crippen LogP contribution in [0.25, 0.3) is 0 Å². The summed E-state index contributed by atoms with van der Waals surface area (Å²) < 4.78 is 4.86. The molecule has 0 rings (SSSR count). The average Bonchev–Trinajstić information content (AvgIpc) is 2.11. The van der Waals surface area contributed by atoms with Gasteiger partial charge in [0.1, 0.15) is 5.84 Å². The Labute approximate surface area is 77.9 Å². The van der Waals surface area contributed by atoms with Crippen molar-refractivity contribution in [1.29, 1.82) is 0 Å². The fourth-order valence-corrected chi connectivity index (χ4v) is 1.06. The van der Waals surface area contributed by atoms with E-state index in [1.807, 2.05) is 0 Å². The van der Waals surface area contributed by atoms with Crippen molar-refractivity contribution in [2.45, 2.75) is 6.42 Å². The second kappa shape index (κ2) is 8.83. The highest BCUT2D eigenvalue weighted by Crippen LogP contribution is 1.95. The maximum atomic E-state index is 5.26. The van der Waals surface area contributed by atoms with Crippen molar-refractivity contribution in [1.82, 2.24) is 5.43 Å². The zero-order chi connectivity index (χ0) is 9.23. The molecule has 0 atom stereocenters. The lowest BCUT2D eigenvalue weighted by molar-refractivity contribution is 0.208. The van der Waals surface area contributed by atoms with Crippen LogP contribution in [0.15, 0.2) is 4.99 Å². The summed E-state index contributed by atoms with van der Waals surface area (Å²) >= 11 is 1.78. The zero-order valence-corrected chi connectivity index (χ0v) is 8.49. The Morgan fingerprint density at radius 2 is 2.42 bits per heavy atom. The molecule has 0 radical (unpaired) electrons. The molecule has 0 aliphatic rings. The van der Waals surface area contributed by atoms with Crippen LogP contribution < -0.4 is 11.3 Å². The normalized spacial score (nSPS) is 11.8. The second-order valence-corrected chi connectivity index (χ2v) is 3.19. The summed E-state index contributed by atoms with van der Waals surface area (Å²) in [6.07, 6.45) is 2.95. The number of aliphatic imine (C=N–C) groups is 1. The van der Waals surface area contributed by atoms with Crippen molar-refractivity contribution in [2.24, 2.45) is 10.8 Å². The van der Waals surface area contributed by atoms with Crippen LogP contribution in [0.3, 0.4) is 0 Å². The van der Waals surface area contributed by atoms with E-state index >= 15 is 0 Å². The van der Waals surface area contributed by atoms with E-state index in [2.05, 4.69) is 16.7 Å². The maximum Gasteiger partial charge on any atom is 0.111 e. The number of methoxy groups -OCH3 is 1. The Morgan fingerprint density at radius 3 is 2.92 bits per heavy atom. The number of thioether (sulfide) groups is 1. The lowest BCUT2D eigenvalue weighted by Crippen LogP contribution is -2.31. The van der Waals surface area contributed by atoms with Crippen LogP contribution in [0.1, 0.15) is 6.42 Å². The summed E-state index contributed by atoms with van der Waals surface area (Å²) in [5, 5.41) is 0. The van der Waals surface area contributed by atoms with Gasteiger partial charge in [0.15, 0.2) is 0 Å². The lowest BCUT2D eigenvalue weighted by Gasteiger charge is -2.03. The molecule has 4 nitrogen and oxygen atoms in total. The molecule has 3 N–H and O–H groups in total. The monoisotopic (exact) mass is 191 g/mol. The Bertz CT molecular complexity index is 130. The van der Waals surface area contributed by atoms with E-state index in [1.165, 1.54) is 0 Å². The molecule has 0 fully saturated rings. The van der Waals surface area contributed by atoms with Gasteiger partial charge < -0.3 is 10.2 Å². The summed E-state index contributed by atoms with van der Waals surface area (Å²) in [4.78, 5) is 4.21. The quantitative estimate of drug-likeness (QED) is 0.208. The zero-order valence-electron chi connectivity index (χ0n) is 7.67. The predicted octanol–water partition coefficient (Wildman–Crippen LogP) is 0.248. The summed E-state index contributed by atoms with van der Waals surface area (Å²) in [5.74, 6) is 7.15. The largest absolute Gasteiger partial charge is 0.383 e. The third kappa shape index (κ3) is 6.45. The van der Waals surface area contributed by atoms with Gasteiger partial charge in [-0.3, -0.25) is 4.99 Å². The first-order valence-electron chi connectivity index (χ1n) is 3.83. The van der Waals surface area contributed by atoms with Gasteiger partial charge in [-0.1, -0.05) is 0 Å². The standard InChI is InChI=1S/C7H17N3OS/c1-11-5-4-9-7(10-8)3-6-12-2/h3-6,8H2,1-2H3,(H,9,10). The number of ether oxygens (including phenoxy) is 1. The molecular weight excluding hydrogens is 174 g/mol. The first-order valence-corrected chi connectivity index (χ1v) is 5.22. The third-order valence-corrected chi connectivity index (χ3v) is 1.92. The van der Waals surface area contributed by atoms with Crippen molar-refractivity contribution >= 4 is 17.6 Å². The van der Waals surface area contributed by atoms with Gasteiger partial charge in [-0.05, 0) is 6.26 Å². The summed E-state index contributed by atoms with van der Waals surface area (Å²) in [5.41, 5.74) is 2.58. The smallest absolute Gasteiger partial charge is 0.111 e. The molecule has 0 saturated heterocycles. The van der Waals surface area contributed by atoms with Crippen LogP contribution in [0.2, 0.25) is 0 Å². The first kappa shape index (κ1) is 11.7. The van der Waals surface area contributed by atoms with Gasteiger partial charge in [0.05, 0.1) is 13.2 Å². The van der Waals surface area contributed by atoms with Gasteiger partial charge in [0.25, 0.3) is 0 Å². The Kier molecular flexibility index (Phi) is 8.64. The molecule has 0 aromatic rings. The van der Waals surface area contributed by atoms with E-state index in [1.54, 1.807) is 18.9 Å². The maximum absolute atomic E-state index is 5.26. The minimum atomic E-state index is 0.643. The number of nitrogens with two attached hydrogens (primary N) is 1. The first-order chi connectivity index (χ1) is 5.85. The second-order valence-electron chi connectivity index (χ2n) is 2.21. The van der Waals surface area contributed by atoms with E-state index in [-0.39, 0.29) is 0 Å². The number of hydrazine groups is 1. The minimum absolute atomic E-state index is 0.643. The fraction of sp³-hybridized carbons (Fsp3) is 0.857. The number of hydrogen-bond donors (Lipinski definition) is 2. The topological polar surface area (TPSA) is 59.6 Å². The van der Waals surface area contributed by atoms with Crippen LogP contribution in [0.4, 0.5) is 0 Å². The average molecular weight is 191 g/mol. The van der Waals surface area contributed by atoms with Crippen molar-refractivity contribution in [2.75, 3.05) is 32.3 Å². The van der Waals surface area contributed by atoms with Crippen molar-refractivity contribution in [3.8, 4) is 0 Å². The number of amidine groups is 1. The highest BCUT2D eigenvalue weighted by Gasteiger charge is 1.94. The fourth-order valence-electron chi connectivity index (χ4n) is 0.667. The van der Waals surface area contributed by atoms with Gasteiger partial charge in [-0.25, -0.2) is 5.84 Å². The highest BCUT2D eigenvalue weighted by atomic mass is 32.2.